The van der Waals surface area contributed by atoms with Crippen molar-refractivity contribution in [2.24, 2.45) is 11.8 Å². The van der Waals surface area contributed by atoms with E-state index in [1.807, 2.05) is 45.0 Å². The van der Waals surface area contributed by atoms with Gasteiger partial charge in [-0.1, -0.05) is 41.9 Å². The summed E-state index contributed by atoms with van der Waals surface area (Å²) in [7, 11) is 0. The lowest BCUT2D eigenvalue weighted by molar-refractivity contribution is -0.130. The zero-order chi connectivity index (χ0) is 36.7. The van der Waals surface area contributed by atoms with Gasteiger partial charge < -0.3 is 25.8 Å². The van der Waals surface area contributed by atoms with Crippen molar-refractivity contribution < 1.29 is 29.0 Å². The average molecular weight is 716 g/mol. The van der Waals surface area contributed by atoms with Gasteiger partial charge in [0, 0.05) is 35.7 Å². The minimum absolute atomic E-state index is 0.139. The fraction of sp³-hybridized carbons (Fsp3) is 0.378. The second-order valence-corrected chi connectivity index (χ2v) is 14.1. The van der Waals surface area contributed by atoms with Crippen LogP contribution >= 0.6 is 11.6 Å². The Bertz CT molecular complexity index is 1850. The molecule has 1 saturated carbocycles. The summed E-state index contributed by atoms with van der Waals surface area (Å²) in [6.45, 7) is 7.59. The first-order valence-electron chi connectivity index (χ1n) is 16.8. The molecule has 268 valence electrons. The van der Waals surface area contributed by atoms with Crippen LogP contribution in [0.2, 0.25) is 5.02 Å². The van der Waals surface area contributed by atoms with Crippen molar-refractivity contribution in [1.82, 2.24) is 31.3 Å². The number of nitrogens with one attached hydrogen (secondary N) is 4. The zero-order valence-corrected chi connectivity index (χ0v) is 29.7. The molecule has 51 heavy (non-hydrogen) atoms. The summed E-state index contributed by atoms with van der Waals surface area (Å²) >= 11 is 6.55. The highest BCUT2D eigenvalue weighted by atomic mass is 35.5. The summed E-state index contributed by atoms with van der Waals surface area (Å²) in [6, 6.07) is 16.7. The number of carbonyl (C=O) groups excluding carboxylic acids is 3. The number of nitrogens with zero attached hydrogens (tertiary/aromatic N) is 3. The largest absolute Gasteiger partial charge is 0.478 e. The van der Waals surface area contributed by atoms with E-state index in [-0.39, 0.29) is 35.6 Å². The molecule has 0 saturated heterocycles. The molecule has 3 aromatic carbocycles. The number of aromatic nitrogens is 4. The van der Waals surface area contributed by atoms with Crippen molar-refractivity contribution in [2.45, 2.75) is 71.4 Å². The Hall–Kier alpha value is -5.30. The summed E-state index contributed by atoms with van der Waals surface area (Å²) < 4.78 is 5.33. The maximum absolute atomic E-state index is 13.7. The minimum Gasteiger partial charge on any atom is -0.478 e. The number of carboxylic acid groups (broad SMARTS) is 1. The maximum Gasteiger partial charge on any atom is 0.407 e. The second kappa shape index (κ2) is 16.2. The topological polar surface area (TPSA) is 188 Å². The fourth-order valence-electron chi connectivity index (χ4n) is 6.08. The predicted octanol–water partition coefficient (Wildman–Crippen LogP) is 6.19. The molecule has 3 amide bonds. The number of benzene rings is 3. The van der Waals surface area contributed by atoms with E-state index in [4.69, 9.17) is 16.3 Å². The minimum atomic E-state index is -1.05. The van der Waals surface area contributed by atoms with Crippen LogP contribution < -0.4 is 16.0 Å². The number of carboxylic acids is 1. The number of aromatic amines is 1. The van der Waals surface area contributed by atoms with Crippen molar-refractivity contribution in [3.8, 4) is 22.5 Å². The lowest BCUT2D eigenvalue weighted by atomic mass is 9.81. The Kier molecular flexibility index (Phi) is 11.7. The molecule has 0 aliphatic heterocycles. The molecule has 1 aliphatic carbocycles. The van der Waals surface area contributed by atoms with Gasteiger partial charge in [0.15, 0.2) is 0 Å². The van der Waals surface area contributed by atoms with Gasteiger partial charge >= 0.3 is 12.1 Å². The molecule has 1 aromatic heterocycles. The van der Waals surface area contributed by atoms with Crippen molar-refractivity contribution in [3.05, 3.63) is 82.4 Å². The quantitative estimate of drug-likeness (QED) is 0.121. The Balaban J connectivity index is 1.26. The Labute approximate surface area is 300 Å². The van der Waals surface area contributed by atoms with Crippen molar-refractivity contribution >= 4 is 41.2 Å². The first-order valence-corrected chi connectivity index (χ1v) is 17.2. The van der Waals surface area contributed by atoms with E-state index in [1.54, 1.807) is 37.3 Å². The van der Waals surface area contributed by atoms with Crippen LogP contribution in [0, 0.1) is 18.8 Å². The molecule has 1 atom stereocenters. The van der Waals surface area contributed by atoms with Crippen LogP contribution in [-0.2, 0) is 20.7 Å². The Morgan fingerprint density at radius 1 is 0.961 bits per heavy atom. The predicted molar refractivity (Wildman–Crippen MR) is 192 cm³/mol. The molecule has 0 radical (unpaired) electrons. The first kappa shape index (κ1) is 37.0. The third kappa shape index (κ3) is 9.91. The smallest absolute Gasteiger partial charge is 0.407 e. The number of alkyl carbamates (subject to hydrolysis) is 1. The molecule has 1 heterocycles. The number of hydrogen-bond donors (Lipinski definition) is 5. The summed E-state index contributed by atoms with van der Waals surface area (Å²) in [5.74, 6) is -1.24. The number of rotatable bonds is 11. The average Bonchev–Trinajstić information content (AvgIpc) is 3.64. The summed E-state index contributed by atoms with van der Waals surface area (Å²) in [6.07, 6.45) is 2.55. The number of carbonyl (C=O) groups is 4. The molecule has 4 aromatic rings. The van der Waals surface area contributed by atoms with E-state index in [1.165, 1.54) is 6.07 Å². The molecule has 1 fully saturated rings. The van der Waals surface area contributed by atoms with E-state index in [9.17, 15) is 24.3 Å². The number of amides is 3. The van der Waals surface area contributed by atoms with E-state index in [0.29, 0.717) is 47.0 Å². The van der Waals surface area contributed by atoms with Crippen molar-refractivity contribution in [2.75, 3.05) is 11.9 Å². The van der Waals surface area contributed by atoms with Crippen molar-refractivity contribution in [1.29, 1.82) is 0 Å². The summed E-state index contributed by atoms with van der Waals surface area (Å²) in [5.41, 5.74) is 3.57. The standard InChI is InChI=1S/C37H42ClN7O6/c1-21-28(35(48)49)17-18-29(31(21)38)24-9-5-22(6-10-24)19-30(34(47)40-27-15-13-25(14-16-27)32-42-44-45-43-32)41-33(46)26-11-7-23(8-12-26)20-39-36(50)51-37(2,3)4/h5-6,9-10,13-18,23,26,30H,7-8,11-12,19-20H2,1-4H3,(H,39,50)(H,40,47)(H,41,46)(H,48,49)(H,42,43,44,45)/t23-,26-,30-/m0/s1. The van der Waals surface area contributed by atoms with E-state index >= 15 is 0 Å². The number of anilines is 1. The van der Waals surface area contributed by atoms with Gasteiger partial charge in [-0.2, -0.15) is 5.21 Å². The highest BCUT2D eigenvalue weighted by Crippen LogP contribution is 2.33. The lowest BCUT2D eigenvalue weighted by Gasteiger charge is -2.29. The van der Waals surface area contributed by atoms with Gasteiger partial charge in [0.25, 0.3) is 0 Å². The van der Waals surface area contributed by atoms with Crippen molar-refractivity contribution in [3.63, 3.8) is 0 Å². The zero-order valence-electron chi connectivity index (χ0n) is 29.0. The lowest BCUT2D eigenvalue weighted by Crippen LogP contribution is -2.48. The van der Waals surface area contributed by atoms with Gasteiger partial charge in [-0.25, -0.2) is 9.59 Å². The third-order valence-electron chi connectivity index (χ3n) is 8.86. The highest BCUT2D eigenvalue weighted by Gasteiger charge is 2.30. The van der Waals surface area contributed by atoms with Gasteiger partial charge in [0.1, 0.15) is 11.6 Å². The Morgan fingerprint density at radius 2 is 1.63 bits per heavy atom. The van der Waals surface area contributed by atoms with E-state index in [0.717, 1.165) is 29.5 Å². The summed E-state index contributed by atoms with van der Waals surface area (Å²) in [5, 5.41) is 32.5. The normalized spacial score (nSPS) is 16.5. The number of ether oxygens (including phenoxy) is 1. The van der Waals surface area contributed by atoms with Gasteiger partial charge in [-0.3, -0.25) is 9.59 Å². The molecular formula is C37H42ClN7O6. The number of halogens is 1. The fourth-order valence-corrected chi connectivity index (χ4v) is 6.36. The molecule has 0 unspecified atom stereocenters. The Morgan fingerprint density at radius 3 is 2.24 bits per heavy atom. The van der Waals surface area contributed by atoms with Crippen LogP contribution in [0.5, 0.6) is 0 Å². The molecule has 1 aliphatic rings. The number of tetrazole rings is 1. The number of hydrogen-bond acceptors (Lipinski definition) is 8. The summed E-state index contributed by atoms with van der Waals surface area (Å²) in [4.78, 5) is 50.9. The SMILES string of the molecule is Cc1c(C(=O)O)ccc(-c2ccc(C[C@H](NC(=O)[C@H]3CC[C@H](CNC(=O)OC(C)(C)C)CC3)C(=O)Nc3ccc(-c4nn[nH]n4)cc3)cc2)c1Cl. The second-order valence-electron chi connectivity index (χ2n) is 13.8. The molecular weight excluding hydrogens is 674 g/mol. The monoisotopic (exact) mass is 715 g/mol. The van der Waals surface area contributed by atoms with Crippen LogP contribution in [0.15, 0.2) is 60.7 Å². The molecule has 5 N–H and O–H groups in total. The third-order valence-corrected chi connectivity index (χ3v) is 9.35. The molecule has 5 rings (SSSR count). The molecule has 0 spiro atoms. The first-order chi connectivity index (χ1) is 24.3. The van der Waals surface area contributed by atoms with Crippen LogP contribution in [0.1, 0.15) is 67.9 Å². The van der Waals surface area contributed by atoms with Crippen LogP contribution in [0.25, 0.3) is 22.5 Å². The number of aromatic carboxylic acids is 1. The molecule has 14 heteroatoms. The molecule has 13 nitrogen and oxygen atoms in total. The highest BCUT2D eigenvalue weighted by molar-refractivity contribution is 6.34. The van der Waals surface area contributed by atoms with Gasteiger partial charge in [0.2, 0.25) is 17.6 Å². The van der Waals surface area contributed by atoms with Gasteiger partial charge in [0.05, 0.1) is 10.6 Å². The van der Waals surface area contributed by atoms with Crippen LogP contribution in [0.4, 0.5) is 10.5 Å². The number of H-pyrrole nitrogens is 1. The van der Waals surface area contributed by atoms with Gasteiger partial charge in [-0.15, -0.1) is 10.2 Å². The molecule has 0 bridgehead atoms. The van der Waals surface area contributed by atoms with E-state index in [2.05, 4.69) is 36.6 Å². The van der Waals surface area contributed by atoms with Gasteiger partial charge in [-0.05, 0) is 112 Å². The van der Waals surface area contributed by atoms with Crippen LogP contribution in [-0.4, -0.2) is 67.8 Å². The van der Waals surface area contributed by atoms with Crippen LogP contribution in [0.3, 0.4) is 0 Å². The maximum atomic E-state index is 13.7. The van der Waals surface area contributed by atoms with E-state index < -0.39 is 23.7 Å².